The van der Waals surface area contributed by atoms with Crippen LogP contribution in [0.15, 0.2) is 35.5 Å². The second-order valence-electron chi connectivity index (χ2n) is 3.40. The van der Waals surface area contributed by atoms with Crippen LogP contribution in [0.5, 0.6) is 0 Å². The molecule has 0 unspecified atom stereocenters. The van der Waals surface area contributed by atoms with Gasteiger partial charge in [0.05, 0.1) is 0 Å². The number of carbonyl (C=O) groups is 1. The molecule has 0 aromatic heterocycles. The molecule has 0 saturated heterocycles. The molecule has 0 spiro atoms. The molecule has 16 heavy (non-hydrogen) atoms. The van der Waals surface area contributed by atoms with Gasteiger partial charge in [-0.25, -0.2) is 0 Å². The second-order valence-corrected chi connectivity index (χ2v) is 3.40. The minimum absolute atomic E-state index is 0.658. The van der Waals surface area contributed by atoms with Gasteiger partial charge in [0.1, 0.15) is 6.29 Å². The summed E-state index contributed by atoms with van der Waals surface area (Å²) in [6.07, 6.45) is 5.12. The average Bonchev–Trinajstić information content (AvgIpc) is 2.35. The molecule has 0 amide bonds. The maximum absolute atomic E-state index is 10.5. The zero-order valence-electron chi connectivity index (χ0n) is 9.39. The van der Waals surface area contributed by atoms with E-state index in [2.05, 4.69) is 11.9 Å². The molecule has 0 atom stereocenters. The second kappa shape index (κ2) is 6.56. The van der Waals surface area contributed by atoms with E-state index in [1.54, 1.807) is 18.3 Å². The third-order valence-corrected chi connectivity index (χ3v) is 2.14. The Balaban J connectivity index is 2.83. The minimum Gasteiger partial charge on any atom is -0.404 e. The topological polar surface area (TPSA) is 55.4 Å². The number of aliphatic imine (C=N–C) groups is 1. The van der Waals surface area contributed by atoms with E-state index in [-0.39, 0.29) is 0 Å². The Hall–Kier alpha value is -1.90. The fourth-order valence-electron chi connectivity index (χ4n) is 1.26. The molecule has 0 aliphatic rings. The van der Waals surface area contributed by atoms with Crippen LogP contribution in [0.1, 0.15) is 29.3 Å². The molecule has 0 saturated carbocycles. The molecule has 0 radical (unpaired) electrons. The van der Waals surface area contributed by atoms with E-state index in [4.69, 9.17) is 5.73 Å². The lowest BCUT2D eigenvalue weighted by molar-refractivity contribution is 0.112. The minimum atomic E-state index is 0.658. The molecular formula is C13H16N2O. The highest BCUT2D eigenvalue weighted by Crippen LogP contribution is 2.12. The fourth-order valence-corrected chi connectivity index (χ4v) is 1.26. The Kier molecular flexibility index (Phi) is 4.99. The van der Waals surface area contributed by atoms with Gasteiger partial charge in [-0.05, 0) is 12.0 Å². The van der Waals surface area contributed by atoms with Crippen molar-refractivity contribution in [3.8, 4) is 0 Å². The predicted molar refractivity (Wildman–Crippen MR) is 67.6 cm³/mol. The Morgan fingerprint density at radius 3 is 2.56 bits per heavy atom. The lowest BCUT2D eigenvalue weighted by Crippen LogP contribution is -1.92. The molecule has 3 heteroatoms. The number of aldehydes is 1. The summed E-state index contributed by atoms with van der Waals surface area (Å²) in [4.78, 5) is 14.7. The molecule has 3 nitrogen and oxygen atoms in total. The molecule has 0 fully saturated rings. The Morgan fingerprint density at radius 2 is 2.06 bits per heavy atom. The van der Waals surface area contributed by atoms with Crippen LogP contribution in [0.25, 0.3) is 5.57 Å². The zero-order chi connectivity index (χ0) is 11.8. The molecule has 0 bridgehead atoms. The third kappa shape index (κ3) is 3.35. The Labute approximate surface area is 95.7 Å². The number of hydrogen-bond donors (Lipinski definition) is 1. The van der Waals surface area contributed by atoms with Gasteiger partial charge in [0, 0.05) is 30.1 Å². The predicted octanol–water partition coefficient (Wildman–Crippen LogP) is 2.28. The summed E-state index contributed by atoms with van der Waals surface area (Å²) >= 11 is 0. The SMILES string of the molecule is CCCN=CC(=CN)c1ccc(C=O)cc1. The van der Waals surface area contributed by atoms with Crippen molar-refractivity contribution in [1.82, 2.24) is 0 Å². The molecular weight excluding hydrogens is 200 g/mol. The highest BCUT2D eigenvalue weighted by atomic mass is 16.1. The summed E-state index contributed by atoms with van der Waals surface area (Å²) in [5, 5.41) is 0. The number of carbonyl (C=O) groups excluding carboxylic acids is 1. The molecule has 0 heterocycles. The van der Waals surface area contributed by atoms with Crippen LogP contribution >= 0.6 is 0 Å². The van der Waals surface area contributed by atoms with Crippen molar-refractivity contribution in [2.24, 2.45) is 10.7 Å². The largest absolute Gasteiger partial charge is 0.404 e. The van der Waals surface area contributed by atoms with E-state index in [0.717, 1.165) is 30.4 Å². The summed E-state index contributed by atoms with van der Waals surface area (Å²) in [5.41, 5.74) is 8.03. The molecule has 0 aliphatic heterocycles. The quantitative estimate of drug-likeness (QED) is 0.606. The highest BCUT2D eigenvalue weighted by molar-refractivity contribution is 6.09. The summed E-state index contributed by atoms with van der Waals surface area (Å²) in [6, 6.07) is 7.25. The van der Waals surface area contributed by atoms with Gasteiger partial charge >= 0.3 is 0 Å². The van der Waals surface area contributed by atoms with Crippen LogP contribution in [0.2, 0.25) is 0 Å². The van der Waals surface area contributed by atoms with Crippen LogP contribution in [-0.2, 0) is 0 Å². The first kappa shape index (κ1) is 12.2. The van der Waals surface area contributed by atoms with Gasteiger partial charge in [-0.15, -0.1) is 0 Å². The van der Waals surface area contributed by atoms with E-state index in [9.17, 15) is 4.79 Å². The van der Waals surface area contributed by atoms with Crippen LogP contribution in [0, 0.1) is 0 Å². The average molecular weight is 216 g/mol. The molecule has 1 aromatic carbocycles. The number of allylic oxidation sites excluding steroid dienone is 1. The Morgan fingerprint density at radius 1 is 1.38 bits per heavy atom. The van der Waals surface area contributed by atoms with Crippen molar-refractivity contribution in [3.05, 3.63) is 41.6 Å². The van der Waals surface area contributed by atoms with Crippen molar-refractivity contribution in [1.29, 1.82) is 0 Å². The van der Waals surface area contributed by atoms with Crippen molar-refractivity contribution in [2.45, 2.75) is 13.3 Å². The summed E-state index contributed by atoms with van der Waals surface area (Å²) in [6.45, 7) is 2.87. The van der Waals surface area contributed by atoms with Gasteiger partial charge in [0.15, 0.2) is 0 Å². The van der Waals surface area contributed by atoms with Crippen LogP contribution in [-0.4, -0.2) is 19.0 Å². The lowest BCUT2D eigenvalue weighted by Gasteiger charge is -2.01. The van der Waals surface area contributed by atoms with Crippen molar-refractivity contribution >= 4 is 18.1 Å². The molecule has 1 rings (SSSR count). The van der Waals surface area contributed by atoms with Crippen molar-refractivity contribution in [2.75, 3.05) is 6.54 Å². The number of hydrogen-bond acceptors (Lipinski definition) is 3. The smallest absolute Gasteiger partial charge is 0.150 e. The molecule has 84 valence electrons. The van der Waals surface area contributed by atoms with Gasteiger partial charge in [-0.2, -0.15) is 0 Å². The van der Waals surface area contributed by atoms with Gasteiger partial charge in [0.25, 0.3) is 0 Å². The van der Waals surface area contributed by atoms with Gasteiger partial charge in [-0.3, -0.25) is 9.79 Å². The van der Waals surface area contributed by atoms with E-state index >= 15 is 0 Å². The van der Waals surface area contributed by atoms with Crippen molar-refractivity contribution in [3.63, 3.8) is 0 Å². The van der Waals surface area contributed by atoms with Crippen molar-refractivity contribution < 1.29 is 4.79 Å². The number of nitrogens with two attached hydrogens (primary N) is 1. The number of rotatable bonds is 5. The summed E-state index contributed by atoms with van der Waals surface area (Å²) < 4.78 is 0. The molecule has 2 N–H and O–H groups in total. The highest BCUT2D eigenvalue weighted by Gasteiger charge is 1.97. The third-order valence-electron chi connectivity index (χ3n) is 2.14. The first-order valence-electron chi connectivity index (χ1n) is 5.29. The van der Waals surface area contributed by atoms with Crippen LogP contribution in [0.4, 0.5) is 0 Å². The van der Waals surface area contributed by atoms with Crippen LogP contribution < -0.4 is 5.73 Å². The normalized spacial score (nSPS) is 11.9. The standard InChI is InChI=1S/C13H16N2O/c1-2-7-15-9-13(8-14)12-5-3-11(10-16)4-6-12/h3-6,8-10H,2,7,14H2,1H3. The number of benzene rings is 1. The van der Waals surface area contributed by atoms with E-state index in [1.807, 2.05) is 12.1 Å². The van der Waals surface area contributed by atoms with E-state index in [1.165, 1.54) is 6.20 Å². The van der Waals surface area contributed by atoms with E-state index in [0.29, 0.717) is 5.56 Å². The monoisotopic (exact) mass is 216 g/mol. The first-order valence-corrected chi connectivity index (χ1v) is 5.29. The number of nitrogens with zero attached hydrogens (tertiary/aromatic N) is 1. The lowest BCUT2D eigenvalue weighted by atomic mass is 10.1. The maximum Gasteiger partial charge on any atom is 0.150 e. The van der Waals surface area contributed by atoms with Gasteiger partial charge < -0.3 is 5.73 Å². The molecule has 0 aliphatic carbocycles. The summed E-state index contributed by atoms with van der Waals surface area (Å²) in [5.74, 6) is 0. The fraction of sp³-hybridized carbons (Fsp3) is 0.231. The zero-order valence-corrected chi connectivity index (χ0v) is 9.39. The summed E-state index contributed by atoms with van der Waals surface area (Å²) in [7, 11) is 0. The van der Waals surface area contributed by atoms with E-state index < -0.39 is 0 Å². The first-order chi connectivity index (χ1) is 7.81. The maximum atomic E-state index is 10.5. The van der Waals surface area contributed by atoms with Gasteiger partial charge in [0.2, 0.25) is 0 Å². The molecule has 1 aromatic rings. The van der Waals surface area contributed by atoms with Gasteiger partial charge in [-0.1, -0.05) is 31.2 Å². The Bertz CT molecular complexity index is 391. The van der Waals surface area contributed by atoms with Crippen LogP contribution in [0.3, 0.4) is 0 Å².